The van der Waals surface area contributed by atoms with Crippen LogP contribution >= 0.6 is 0 Å². The number of nitro groups is 1. The van der Waals surface area contributed by atoms with Crippen molar-refractivity contribution in [3.8, 4) is 0 Å². The quantitative estimate of drug-likeness (QED) is 0.573. The summed E-state index contributed by atoms with van der Waals surface area (Å²) >= 11 is 0. The molecule has 3 rings (SSSR count). The number of nitro benzene ring substituents is 1. The molecular weight excluding hydrogens is 314 g/mol. The Morgan fingerprint density at radius 3 is 2.54 bits per heavy atom. The summed E-state index contributed by atoms with van der Waals surface area (Å²) < 4.78 is 0. The second-order valence-electron chi connectivity index (χ2n) is 5.65. The van der Waals surface area contributed by atoms with Crippen LogP contribution in [0.15, 0.2) is 34.2 Å². The number of carbonyl (C=O) groups is 1. The zero-order valence-corrected chi connectivity index (χ0v) is 13.0. The van der Waals surface area contributed by atoms with Gasteiger partial charge in [0.2, 0.25) is 5.91 Å². The molecule has 1 aliphatic rings. The molecule has 1 amide bonds. The Morgan fingerprint density at radius 1 is 1.25 bits per heavy atom. The van der Waals surface area contributed by atoms with Gasteiger partial charge in [0, 0.05) is 35.0 Å². The molecule has 2 heterocycles. The van der Waals surface area contributed by atoms with Crippen LogP contribution in [0.3, 0.4) is 0 Å². The molecule has 9 nitrogen and oxygen atoms in total. The number of H-pyrrole nitrogens is 2. The summed E-state index contributed by atoms with van der Waals surface area (Å²) in [6.45, 7) is 3.39. The summed E-state index contributed by atoms with van der Waals surface area (Å²) in [4.78, 5) is 35.1. The molecule has 24 heavy (non-hydrogen) atoms. The van der Waals surface area contributed by atoms with E-state index in [1.165, 1.54) is 18.2 Å². The summed E-state index contributed by atoms with van der Waals surface area (Å²) in [5.41, 5.74) is 3.91. The van der Waals surface area contributed by atoms with Crippen LogP contribution in [0.25, 0.3) is 0 Å². The molecule has 0 fully saturated rings. The van der Waals surface area contributed by atoms with Crippen LogP contribution in [-0.4, -0.2) is 26.7 Å². The number of amides is 1. The van der Waals surface area contributed by atoms with Crippen molar-refractivity contribution in [1.82, 2.24) is 15.6 Å². The number of hydrazone groups is 1. The Bertz CT molecular complexity index is 911. The van der Waals surface area contributed by atoms with Gasteiger partial charge in [-0.15, -0.1) is 0 Å². The van der Waals surface area contributed by atoms with Gasteiger partial charge in [-0.1, -0.05) is 12.1 Å². The van der Waals surface area contributed by atoms with Crippen LogP contribution in [-0.2, 0) is 4.79 Å². The van der Waals surface area contributed by atoms with Gasteiger partial charge >= 0.3 is 0 Å². The minimum absolute atomic E-state index is 0.102. The molecule has 0 unspecified atom stereocenters. The number of nitrogens with zero attached hydrogens (tertiary/aromatic N) is 2. The predicted octanol–water partition coefficient (Wildman–Crippen LogP) is 1.17. The number of rotatable bonds is 4. The van der Waals surface area contributed by atoms with E-state index in [4.69, 9.17) is 0 Å². The van der Waals surface area contributed by atoms with Crippen molar-refractivity contribution < 1.29 is 9.72 Å². The lowest BCUT2D eigenvalue weighted by atomic mass is 9.78. The predicted molar refractivity (Wildman–Crippen MR) is 85.8 cm³/mol. The Hall–Kier alpha value is -3.23. The van der Waals surface area contributed by atoms with Crippen molar-refractivity contribution in [2.75, 3.05) is 0 Å². The molecule has 0 saturated carbocycles. The van der Waals surface area contributed by atoms with E-state index in [0.717, 1.165) is 0 Å². The summed E-state index contributed by atoms with van der Waals surface area (Å²) in [7, 11) is 0. The van der Waals surface area contributed by atoms with Crippen molar-refractivity contribution in [2.24, 2.45) is 11.0 Å². The average Bonchev–Trinajstić information content (AvgIpc) is 3.05. The van der Waals surface area contributed by atoms with E-state index in [1.54, 1.807) is 19.9 Å². The highest BCUT2D eigenvalue weighted by Crippen LogP contribution is 2.35. The molecule has 9 heteroatoms. The van der Waals surface area contributed by atoms with E-state index in [2.05, 4.69) is 20.7 Å². The summed E-state index contributed by atoms with van der Waals surface area (Å²) in [6, 6.07) is 5.96. The molecule has 0 saturated heterocycles. The monoisotopic (exact) mass is 329 g/mol. The number of aromatic nitrogens is 2. The molecule has 2 atom stereocenters. The van der Waals surface area contributed by atoms with Gasteiger partial charge < -0.3 is 5.10 Å². The van der Waals surface area contributed by atoms with E-state index in [1.807, 2.05) is 0 Å². The molecule has 3 N–H and O–H groups in total. The number of benzene rings is 1. The van der Waals surface area contributed by atoms with E-state index in [0.29, 0.717) is 22.5 Å². The van der Waals surface area contributed by atoms with Crippen LogP contribution in [0.5, 0.6) is 0 Å². The second-order valence-corrected chi connectivity index (χ2v) is 5.65. The molecule has 0 radical (unpaired) electrons. The maximum absolute atomic E-state index is 12.3. The highest BCUT2D eigenvalue weighted by Gasteiger charge is 2.39. The maximum Gasteiger partial charge on any atom is 0.269 e. The Morgan fingerprint density at radius 2 is 2.00 bits per heavy atom. The van der Waals surface area contributed by atoms with E-state index in [-0.39, 0.29) is 17.2 Å². The maximum atomic E-state index is 12.3. The Kier molecular flexibility index (Phi) is 3.76. The second kappa shape index (κ2) is 5.76. The minimum Gasteiger partial charge on any atom is -0.302 e. The average molecular weight is 329 g/mol. The largest absolute Gasteiger partial charge is 0.302 e. The summed E-state index contributed by atoms with van der Waals surface area (Å²) in [5, 5.41) is 20.2. The van der Waals surface area contributed by atoms with Crippen molar-refractivity contribution >= 4 is 17.3 Å². The van der Waals surface area contributed by atoms with Gasteiger partial charge in [-0.05, 0) is 19.4 Å². The topological polar surface area (TPSA) is 133 Å². The van der Waals surface area contributed by atoms with Gasteiger partial charge in [-0.2, -0.15) is 5.10 Å². The zero-order chi connectivity index (χ0) is 17.4. The first-order chi connectivity index (χ1) is 11.4. The molecular formula is C15H15N5O4. The molecule has 1 aromatic heterocycles. The summed E-state index contributed by atoms with van der Waals surface area (Å²) in [5.74, 6) is -1.72. The Balaban J connectivity index is 2.22. The van der Waals surface area contributed by atoms with E-state index < -0.39 is 16.8 Å². The van der Waals surface area contributed by atoms with Crippen LogP contribution < -0.4 is 11.0 Å². The Labute approximate surface area is 135 Å². The number of hydrogen-bond acceptors (Lipinski definition) is 5. The minimum atomic E-state index is -0.706. The van der Waals surface area contributed by atoms with Crippen LogP contribution in [0.2, 0.25) is 0 Å². The molecule has 1 aliphatic heterocycles. The van der Waals surface area contributed by atoms with E-state index >= 15 is 0 Å². The standard InChI is InChI=1S/C15H15N5O4/c1-7-11(14(21)18-16-7)13(12-8(2)17-19-15(12)22)9-4-3-5-10(6-9)20(23)24/h3-6,11,13H,1-2H3,(H,18,21)(H2,17,19,22)/t11-,13-/m1/s1. The molecule has 0 aliphatic carbocycles. The number of aryl methyl sites for hydroxylation is 1. The first-order valence-electron chi connectivity index (χ1n) is 7.25. The van der Waals surface area contributed by atoms with Gasteiger partial charge in [0.25, 0.3) is 11.2 Å². The lowest BCUT2D eigenvalue weighted by Crippen LogP contribution is -2.31. The first kappa shape index (κ1) is 15.7. The molecule has 0 spiro atoms. The third kappa shape index (κ3) is 2.49. The smallest absolute Gasteiger partial charge is 0.269 e. The molecule has 1 aromatic carbocycles. The zero-order valence-electron chi connectivity index (χ0n) is 13.0. The normalized spacial score (nSPS) is 18.2. The number of hydrogen-bond donors (Lipinski definition) is 3. The fourth-order valence-corrected chi connectivity index (χ4v) is 3.05. The highest BCUT2D eigenvalue weighted by atomic mass is 16.6. The summed E-state index contributed by atoms with van der Waals surface area (Å²) in [6.07, 6.45) is 0. The molecule has 0 bridgehead atoms. The highest BCUT2D eigenvalue weighted by molar-refractivity contribution is 6.08. The number of nitrogens with one attached hydrogen (secondary N) is 3. The number of aromatic amines is 2. The first-order valence-corrected chi connectivity index (χ1v) is 7.25. The fourth-order valence-electron chi connectivity index (χ4n) is 3.05. The number of non-ortho nitro benzene ring substituents is 1. The van der Waals surface area contributed by atoms with E-state index in [9.17, 15) is 19.7 Å². The number of carbonyl (C=O) groups excluding carboxylic acids is 1. The van der Waals surface area contributed by atoms with Crippen molar-refractivity contribution in [3.05, 3.63) is 61.6 Å². The fraction of sp³-hybridized carbons (Fsp3) is 0.267. The SMILES string of the molecule is CC1=NNC(=O)[C@H]1[C@@H](c1cccc([N+](=O)[O-])c1)c1c(C)[nH][nH]c1=O. The van der Waals surface area contributed by atoms with Crippen LogP contribution in [0.1, 0.15) is 29.7 Å². The van der Waals surface area contributed by atoms with Crippen molar-refractivity contribution in [2.45, 2.75) is 19.8 Å². The van der Waals surface area contributed by atoms with Crippen molar-refractivity contribution in [3.63, 3.8) is 0 Å². The van der Waals surface area contributed by atoms with Gasteiger partial charge in [0.05, 0.1) is 10.8 Å². The van der Waals surface area contributed by atoms with Crippen LogP contribution in [0.4, 0.5) is 5.69 Å². The van der Waals surface area contributed by atoms with Gasteiger partial charge in [0.15, 0.2) is 0 Å². The van der Waals surface area contributed by atoms with Crippen LogP contribution in [0, 0.1) is 23.0 Å². The van der Waals surface area contributed by atoms with Gasteiger partial charge in [-0.25, -0.2) is 5.43 Å². The lowest BCUT2D eigenvalue weighted by Gasteiger charge is -2.21. The molecule has 2 aromatic rings. The van der Waals surface area contributed by atoms with Gasteiger partial charge in [0.1, 0.15) is 0 Å². The van der Waals surface area contributed by atoms with Crippen molar-refractivity contribution in [1.29, 1.82) is 0 Å². The molecule has 124 valence electrons. The third-order valence-electron chi connectivity index (χ3n) is 4.17. The lowest BCUT2D eigenvalue weighted by molar-refractivity contribution is -0.384. The van der Waals surface area contributed by atoms with Gasteiger partial charge in [-0.3, -0.25) is 24.8 Å². The third-order valence-corrected chi connectivity index (χ3v) is 4.17.